The molecule has 0 bridgehead atoms. The van der Waals surface area contributed by atoms with E-state index in [1.54, 1.807) is 0 Å². The second kappa shape index (κ2) is 3.53. The van der Waals surface area contributed by atoms with E-state index in [9.17, 15) is 8.42 Å². The highest BCUT2D eigenvalue weighted by Gasteiger charge is 2.28. The van der Waals surface area contributed by atoms with Gasteiger partial charge in [-0.15, -0.1) is 0 Å². The Balaban J connectivity index is 1.84. The standard InChI is InChI=1S/C9H16N2O2S/c1-7(8-2-3-8)10-11-9-4-5-14(12,13)6-9/h8-9,11H,2-6H2,1H3/b10-7-. The molecule has 5 heteroatoms. The lowest BCUT2D eigenvalue weighted by Gasteiger charge is -2.07. The molecule has 0 spiro atoms. The Bertz CT molecular complexity index is 344. The van der Waals surface area contributed by atoms with E-state index in [4.69, 9.17) is 0 Å². The Morgan fingerprint density at radius 3 is 2.57 bits per heavy atom. The summed E-state index contributed by atoms with van der Waals surface area (Å²) in [5.74, 6) is 1.21. The summed E-state index contributed by atoms with van der Waals surface area (Å²) in [6, 6.07) is 0.0358. The Kier molecular flexibility index (Phi) is 2.51. The van der Waals surface area contributed by atoms with Crippen LogP contribution in [-0.2, 0) is 9.84 Å². The highest BCUT2D eigenvalue weighted by molar-refractivity contribution is 7.91. The van der Waals surface area contributed by atoms with Gasteiger partial charge in [0.15, 0.2) is 9.84 Å². The second-order valence-electron chi connectivity index (χ2n) is 4.26. The third-order valence-corrected chi connectivity index (χ3v) is 4.59. The molecule has 2 fully saturated rings. The van der Waals surface area contributed by atoms with Crippen molar-refractivity contribution in [3.63, 3.8) is 0 Å². The average Bonchev–Trinajstić information content (AvgIpc) is 2.88. The van der Waals surface area contributed by atoms with Crippen LogP contribution in [0.4, 0.5) is 0 Å². The normalized spacial score (nSPS) is 31.8. The van der Waals surface area contributed by atoms with Crippen LogP contribution in [0.1, 0.15) is 26.2 Å². The summed E-state index contributed by atoms with van der Waals surface area (Å²) in [5.41, 5.74) is 4.09. The van der Waals surface area contributed by atoms with Gasteiger partial charge in [0.25, 0.3) is 0 Å². The quantitative estimate of drug-likeness (QED) is 0.553. The van der Waals surface area contributed by atoms with Gasteiger partial charge in [0.1, 0.15) is 0 Å². The number of nitrogens with one attached hydrogen (secondary N) is 1. The topological polar surface area (TPSA) is 58.5 Å². The summed E-state index contributed by atoms with van der Waals surface area (Å²) in [6.45, 7) is 2.01. The number of hydrogen-bond donors (Lipinski definition) is 1. The Hall–Kier alpha value is -0.580. The van der Waals surface area contributed by atoms with Crippen molar-refractivity contribution in [1.82, 2.24) is 5.43 Å². The summed E-state index contributed by atoms with van der Waals surface area (Å²) in [4.78, 5) is 0. The van der Waals surface area contributed by atoms with Crippen molar-refractivity contribution in [1.29, 1.82) is 0 Å². The van der Waals surface area contributed by atoms with Crippen LogP contribution in [-0.4, -0.2) is 31.7 Å². The van der Waals surface area contributed by atoms with Crippen LogP contribution < -0.4 is 5.43 Å². The van der Waals surface area contributed by atoms with E-state index in [1.807, 2.05) is 6.92 Å². The molecule has 1 heterocycles. The van der Waals surface area contributed by atoms with Crippen LogP contribution in [0.3, 0.4) is 0 Å². The minimum Gasteiger partial charge on any atom is -0.306 e. The number of sulfone groups is 1. The predicted octanol–water partition coefficient (Wildman–Crippen LogP) is 0.549. The number of hydrogen-bond acceptors (Lipinski definition) is 4. The zero-order valence-corrected chi connectivity index (χ0v) is 9.18. The lowest BCUT2D eigenvalue weighted by Crippen LogP contribution is -2.26. The van der Waals surface area contributed by atoms with Crippen molar-refractivity contribution in [3.05, 3.63) is 0 Å². The number of nitrogens with zero attached hydrogens (tertiary/aromatic N) is 1. The maximum atomic E-state index is 11.1. The van der Waals surface area contributed by atoms with E-state index in [0.29, 0.717) is 18.1 Å². The first-order valence-corrected chi connectivity index (χ1v) is 6.89. The predicted molar refractivity (Wildman–Crippen MR) is 56.0 cm³/mol. The van der Waals surface area contributed by atoms with Gasteiger partial charge in [-0.2, -0.15) is 5.10 Å². The van der Waals surface area contributed by atoms with Gasteiger partial charge in [-0.05, 0) is 32.1 Å². The van der Waals surface area contributed by atoms with Crippen LogP contribution in [0.2, 0.25) is 0 Å². The molecule has 80 valence electrons. The van der Waals surface area contributed by atoms with E-state index in [-0.39, 0.29) is 11.8 Å². The van der Waals surface area contributed by atoms with Crippen LogP contribution in [0.15, 0.2) is 5.10 Å². The van der Waals surface area contributed by atoms with Gasteiger partial charge in [-0.3, -0.25) is 0 Å². The van der Waals surface area contributed by atoms with Crippen LogP contribution in [0.25, 0.3) is 0 Å². The molecule has 0 aromatic heterocycles. The van der Waals surface area contributed by atoms with Crippen molar-refractivity contribution in [2.75, 3.05) is 11.5 Å². The minimum atomic E-state index is -2.78. The first kappa shape index (κ1) is 9.96. The van der Waals surface area contributed by atoms with Crippen molar-refractivity contribution in [3.8, 4) is 0 Å². The van der Waals surface area contributed by atoms with Gasteiger partial charge in [0.05, 0.1) is 17.5 Å². The van der Waals surface area contributed by atoms with Crippen molar-refractivity contribution < 1.29 is 8.42 Å². The highest BCUT2D eigenvalue weighted by atomic mass is 32.2. The Labute approximate surface area is 84.7 Å². The molecule has 0 aromatic rings. The molecule has 0 aromatic carbocycles. The molecule has 1 aliphatic heterocycles. The van der Waals surface area contributed by atoms with E-state index in [1.165, 1.54) is 12.8 Å². The smallest absolute Gasteiger partial charge is 0.152 e. The molecule has 0 amide bonds. The molecule has 1 atom stereocenters. The van der Waals surface area contributed by atoms with E-state index >= 15 is 0 Å². The average molecular weight is 216 g/mol. The van der Waals surface area contributed by atoms with E-state index < -0.39 is 9.84 Å². The molecule has 14 heavy (non-hydrogen) atoms. The summed E-state index contributed by atoms with van der Waals surface area (Å²) >= 11 is 0. The van der Waals surface area contributed by atoms with Crippen LogP contribution in [0.5, 0.6) is 0 Å². The molecule has 2 aliphatic rings. The fraction of sp³-hybridized carbons (Fsp3) is 0.889. The molecule has 4 nitrogen and oxygen atoms in total. The summed E-state index contributed by atoms with van der Waals surface area (Å²) < 4.78 is 22.3. The lowest BCUT2D eigenvalue weighted by atomic mass is 10.3. The zero-order valence-electron chi connectivity index (χ0n) is 8.36. The third kappa shape index (κ3) is 2.47. The fourth-order valence-corrected chi connectivity index (χ4v) is 3.35. The molecular weight excluding hydrogens is 200 g/mol. The fourth-order valence-electron chi connectivity index (χ4n) is 1.68. The Morgan fingerprint density at radius 1 is 1.36 bits per heavy atom. The van der Waals surface area contributed by atoms with E-state index in [2.05, 4.69) is 10.5 Å². The largest absolute Gasteiger partial charge is 0.306 e. The first-order chi connectivity index (χ1) is 6.57. The van der Waals surface area contributed by atoms with Gasteiger partial charge >= 0.3 is 0 Å². The highest BCUT2D eigenvalue weighted by Crippen LogP contribution is 2.30. The maximum Gasteiger partial charge on any atom is 0.152 e. The maximum absolute atomic E-state index is 11.1. The van der Waals surface area contributed by atoms with Gasteiger partial charge in [0.2, 0.25) is 0 Å². The summed E-state index contributed by atoms with van der Waals surface area (Å²) in [7, 11) is -2.78. The molecule has 1 saturated heterocycles. The minimum absolute atomic E-state index is 0.0358. The summed E-state index contributed by atoms with van der Waals surface area (Å²) in [5, 5.41) is 4.24. The lowest BCUT2D eigenvalue weighted by molar-refractivity contribution is 0.575. The molecule has 0 radical (unpaired) electrons. The molecule has 2 rings (SSSR count). The summed E-state index contributed by atoms with van der Waals surface area (Å²) in [6.07, 6.45) is 3.17. The molecule has 1 N–H and O–H groups in total. The number of rotatable bonds is 3. The zero-order chi connectivity index (χ0) is 10.2. The van der Waals surface area contributed by atoms with Gasteiger partial charge in [0, 0.05) is 5.71 Å². The van der Waals surface area contributed by atoms with Crippen LogP contribution in [0, 0.1) is 5.92 Å². The molecule has 1 saturated carbocycles. The van der Waals surface area contributed by atoms with E-state index in [0.717, 1.165) is 5.71 Å². The Morgan fingerprint density at radius 2 is 2.07 bits per heavy atom. The van der Waals surface area contributed by atoms with Crippen molar-refractivity contribution in [2.45, 2.75) is 32.2 Å². The molecule has 1 unspecified atom stereocenters. The van der Waals surface area contributed by atoms with Crippen LogP contribution >= 0.6 is 0 Å². The molecular formula is C9H16N2O2S. The van der Waals surface area contributed by atoms with Gasteiger partial charge in [-0.1, -0.05) is 0 Å². The monoisotopic (exact) mass is 216 g/mol. The third-order valence-electron chi connectivity index (χ3n) is 2.82. The van der Waals surface area contributed by atoms with Crippen molar-refractivity contribution in [2.24, 2.45) is 11.0 Å². The van der Waals surface area contributed by atoms with Crippen molar-refractivity contribution >= 4 is 15.5 Å². The molecule has 1 aliphatic carbocycles. The first-order valence-electron chi connectivity index (χ1n) is 5.07. The van der Waals surface area contributed by atoms with Gasteiger partial charge in [-0.25, -0.2) is 8.42 Å². The SMILES string of the molecule is C/C(=N/NC1CCS(=O)(=O)C1)C1CC1. The van der Waals surface area contributed by atoms with Gasteiger partial charge < -0.3 is 5.43 Å². The number of hydrazone groups is 1. The second-order valence-corrected chi connectivity index (χ2v) is 6.49.